The van der Waals surface area contributed by atoms with E-state index >= 15 is 0 Å². The second kappa shape index (κ2) is 8.46. The van der Waals surface area contributed by atoms with Crippen molar-refractivity contribution < 1.29 is 9.18 Å². The molecule has 1 aromatic heterocycles. The smallest absolute Gasteiger partial charge is 0.233 e. The van der Waals surface area contributed by atoms with Crippen molar-refractivity contribution in [3.63, 3.8) is 0 Å². The number of hydrogen-bond acceptors (Lipinski definition) is 3. The SMILES string of the molecule is Cc1nc(S[C@@H](C)C(=O)N[C@@H](C)c2ccc(F)cc2)n(C2CCCC2)c1C. The summed E-state index contributed by atoms with van der Waals surface area (Å²) in [6.45, 7) is 7.98. The van der Waals surface area contributed by atoms with Gasteiger partial charge in [-0.2, -0.15) is 0 Å². The molecule has 0 spiro atoms. The lowest BCUT2D eigenvalue weighted by Crippen LogP contribution is -2.33. The summed E-state index contributed by atoms with van der Waals surface area (Å²) < 4.78 is 15.4. The topological polar surface area (TPSA) is 46.9 Å². The minimum absolute atomic E-state index is 0.0342. The molecule has 1 fully saturated rings. The molecule has 2 atom stereocenters. The number of hydrogen-bond donors (Lipinski definition) is 1. The van der Waals surface area contributed by atoms with E-state index in [9.17, 15) is 9.18 Å². The fraction of sp³-hybridized carbons (Fsp3) is 0.524. The first-order valence-electron chi connectivity index (χ1n) is 9.64. The van der Waals surface area contributed by atoms with Crippen molar-refractivity contribution in [2.75, 3.05) is 0 Å². The number of aryl methyl sites for hydroxylation is 1. The lowest BCUT2D eigenvalue weighted by atomic mass is 10.1. The van der Waals surface area contributed by atoms with Crippen LogP contribution in [0.5, 0.6) is 0 Å². The zero-order valence-corrected chi connectivity index (χ0v) is 17.3. The van der Waals surface area contributed by atoms with E-state index in [0.717, 1.165) is 16.4 Å². The number of nitrogens with zero attached hydrogens (tertiary/aromatic N) is 2. The summed E-state index contributed by atoms with van der Waals surface area (Å²) in [6, 6.07) is 6.58. The maximum absolute atomic E-state index is 13.1. The molecule has 0 radical (unpaired) electrons. The predicted octanol–water partition coefficient (Wildman–Crippen LogP) is 5.11. The third-order valence-corrected chi connectivity index (χ3v) is 6.49. The zero-order chi connectivity index (χ0) is 19.6. The number of rotatable bonds is 6. The number of carbonyl (C=O) groups excluding carboxylic acids is 1. The van der Waals surface area contributed by atoms with Crippen LogP contribution < -0.4 is 5.32 Å². The highest BCUT2D eigenvalue weighted by atomic mass is 32.2. The first-order chi connectivity index (χ1) is 12.9. The van der Waals surface area contributed by atoms with E-state index in [1.54, 1.807) is 12.1 Å². The molecule has 1 N–H and O–H groups in total. The Kier molecular flexibility index (Phi) is 6.25. The van der Waals surface area contributed by atoms with Gasteiger partial charge in [0.2, 0.25) is 5.91 Å². The van der Waals surface area contributed by atoms with Crippen LogP contribution in [0.3, 0.4) is 0 Å². The van der Waals surface area contributed by atoms with Gasteiger partial charge in [-0.1, -0.05) is 36.7 Å². The highest BCUT2D eigenvalue weighted by Crippen LogP contribution is 2.36. The molecule has 1 aliphatic rings. The summed E-state index contributed by atoms with van der Waals surface area (Å²) in [7, 11) is 0. The third kappa shape index (κ3) is 4.54. The molecule has 4 nitrogen and oxygen atoms in total. The van der Waals surface area contributed by atoms with Gasteiger partial charge in [-0.15, -0.1) is 0 Å². The zero-order valence-electron chi connectivity index (χ0n) is 16.5. The summed E-state index contributed by atoms with van der Waals surface area (Å²) in [4.78, 5) is 17.4. The Bertz CT molecular complexity index is 797. The Morgan fingerprint density at radius 2 is 1.85 bits per heavy atom. The van der Waals surface area contributed by atoms with Crippen LogP contribution in [0.1, 0.15) is 68.6 Å². The van der Waals surface area contributed by atoms with E-state index in [1.807, 2.05) is 20.8 Å². The van der Waals surface area contributed by atoms with E-state index in [-0.39, 0.29) is 23.0 Å². The molecule has 27 heavy (non-hydrogen) atoms. The van der Waals surface area contributed by atoms with Gasteiger partial charge in [0.1, 0.15) is 5.82 Å². The molecule has 0 unspecified atom stereocenters. The highest BCUT2D eigenvalue weighted by molar-refractivity contribution is 8.00. The van der Waals surface area contributed by atoms with Crippen LogP contribution in [-0.2, 0) is 4.79 Å². The summed E-state index contributed by atoms with van der Waals surface area (Å²) in [5.74, 6) is -0.307. The Morgan fingerprint density at radius 1 is 1.22 bits per heavy atom. The second-order valence-corrected chi connectivity index (χ2v) is 8.72. The van der Waals surface area contributed by atoms with Crippen LogP contribution in [0.2, 0.25) is 0 Å². The predicted molar refractivity (Wildman–Crippen MR) is 107 cm³/mol. The number of aromatic nitrogens is 2. The van der Waals surface area contributed by atoms with Crippen LogP contribution in [-0.4, -0.2) is 20.7 Å². The summed E-state index contributed by atoms with van der Waals surface area (Å²) in [5, 5.41) is 3.71. The monoisotopic (exact) mass is 389 g/mol. The number of thioether (sulfide) groups is 1. The normalized spacial score (nSPS) is 17.1. The Hall–Kier alpha value is -1.82. The molecule has 6 heteroatoms. The fourth-order valence-electron chi connectivity index (χ4n) is 3.65. The van der Waals surface area contributed by atoms with Crippen LogP contribution in [0.4, 0.5) is 4.39 Å². The van der Waals surface area contributed by atoms with Gasteiger partial charge in [0, 0.05) is 11.7 Å². The number of halogens is 1. The van der Waals surface area contributed by atoms with Gasteiger partial charge in [-0.25, -0.2) is 9.37 Å². The van der Waals surface area contributed by atoms with Gasteiger partial charge in [-0.05, 0) is 58.2 Å². The number of nitrogens with one attached hydrogen (secondary N) is 1. The molecule has 0 aliphatic heterocycles. The second-order valence-electron chi connectivity index (χ2n) is 7.42. The summed E-state index contributed by atoms with van der Waals surface area (Å²) in [5.41, 5.74) is 3.13. The molecule has 2 aromatic rings. The van der Waals surface area contributed by atoms with Crippen molar-refractivity contribution >= 4 is 17.7 Å². The molecule has 1 saturated carbocycles. The van der Waals surface area contributed by atoms with E-state index < -0.39 is 0 Å². The lowest BCUT2D eigenvalue weighted by Gasteiger charge is -2.20. The molecule has 3 rings (SSSR count). The van der Waals surface area contributed by atoms with Crippen LogP contribution in [0.25, 0.3) is 0 Å². The van der Waals surface area contributed by atoms with Crippen molar-refractivity contribution in [3.05, 3.63) is 47.0 Å². The third-order valence-electron chi connectivity index (χ3n) is 5.42. The maximum atomic E-state index is 13.1. The van der Waals surface area contributed by atoms with Crippen molar-refractivity contribution in [2.45, 2.75) is 75.9 Å². The standard InChI is InChI=1S/C21H28FN3OS/c1-13-15(3)25(19-7-5-6-8-19)21(24-13)27-16(4)20(26)23-14(2)17-9-11-18(22)12-10-17/h9-12,14,16,19H,5-8H2,1-4H3,(H,23,26)/t14-,16-/m0/s1. The molecule has 146 valence electrons. The van der Waals surface area contributed by atoms with Gasteiger partial charge < -0.3 is 9.88 Å². The number of carbonyl (C=O) groups is 1. The molecular weight excluding hydrogens is 361 g/mol. The van der Waals surface area contributed by atoms with Gasteiger partial charge in [0.15, 0.2) is 5.16 Å². The quantitative estimate of drug-likeness (QED) is 0.698. The maximum Gasteiger partial charge on any atom is 0.233 e. The van der Waals surface area contributed by atoms with Crippen LogP contribution in [0, 0.1) is 19.7 Å². The van der Waals surface area contributed by atoms with Crippen molar-refractivity contribution in [1.29, 1.82) is 0 Å². The first-order valence-corrected chi connectivity index (χ1v) is 10.5. The van der Waals surface area contributed by atoms with Gasteiger partial charge >= 0.3 is 0 Å². The lowest BCUT2D eigenvalue weighted by molar-refractivity contribution is -0.120. The van der Waals surface area contributed by atoms with E-state index in [2.05, 4.69) is 16.8 Å². The molecule has 1 heterocycles. The van der Waals surface area contributed by atoms with E-state index in [0.29, 0.717) is 6.04 Å². The average molecular weight is 390 g/mol. The van der Waals surface area contributed by atoms with Crippen LogP contribution >= 0.6 is 11.8 Å². The molecule has 1 amide bonds. The van der Waals surface area contributed by atoms with Crippen LogP contribution in [0.15, 0.2) is 29.4 Å². The number of imidazole rings is 1. The molecule has 1 aliphatic carbocycles. The Morgan fingerprint density at radius 3 is 2.48 bits per heavy atom. The number of benzene rings is 1. The summed E-state index contributed by atoms with van der Waals surface area (Å²) in [6.07, 6.45) is 4.89. The van der Waals surface area contributed by atoms with Crippen molar-refractivity contribution in [1.82, 2.24) is 14.9 Å². The van der Waals surface area contributed by atoms with Gasteiger partial charge in [-0.3, -0.25) is 4.79 Å². The van der Waals surface area contributed by atoms with Crippen molar-refractivity contribution in [3.8, 4) is 0 Å². The fourth-order valence-corrected chi connectivity index (χ4v) is 4.73. The Labute approximate surface area is 165 Å². The van der Waals surface area contributed by atoms with E-state index in [4.69, 9.17) is 4.98 Å². The van der Waals surface area contributed by atoms with Gasteiger partial charge in [0.25, 0.3) is 0 Å². The van der Waals surface area contributed by atoms with Gasteiger partial charge in [0.05, 0.1) is 17.0 Å². The molecule has 1 aromatic carbocycles. The average Bonchev–Trinajstić information content (AvgIpc) is 3.24. The number of amides is 1. The Balaban J connectivity index is 1.68. The summed E-state index contributed by atoms with van der Waals surface area (Å²) >= 11 is 1.52. The van der Waals surface area contributed by atoms with Crippen molar-refractivity contribution in [2.24, 2.45) is 0 Å². The minimum Gasteiger partial charge on any atom is -0.349 e. The minimum atomic E-state index is -0.273. The highest BCUT2D eigenvalue weighted by Gasteiger charge is 2.26. The molecular formula is C21H28FN3OS. The first kappa shape index (κ1) is 19.9. The van der Waals surface area contributed by atoms with E-state index in [1.165, 1.54) is 55.3 Å². The molecule has 0 saturated heterocycles. The molecule has 0 bridgehead atoms. The largest absolute Gasteiger partial charge is 0.349 e.